The minimum atomic E-state index is -4.26. The minimum Gasteiger partial charge on any atom is -0.295 e. The van der Waals surface area contributed by atoms with Crippen LogP contribution in [0.2, 0.25) is 0 Å². The molecule has 1 aliphatic heterocycles. The zero-order chi connectivity index (χ0) is 12.7. The SMILES string of the molecule is C[C@@H](NC1(C)CN1)c1ccc(C(F)(F)F)cc1. The van der Waals surface area contributed by atoms with Gasteiger partial charge < -0.3 is 0 Å². The molecular weight excluding hydrogens is 229 g/mol. The Morgan fingerprint density at radius 2 is 1.82 bits per heavy atom. The third-order valence-electron chi connectivity index (χ3n) is 2.98. The lowest BCUT2D eigenvalue weighted by Crippen LogP contribution is -2.34. The molecule has 1 saturated heterocycles. The maximum Gasteiger partial charge on any atom is 0.416 e. The van der Waals surface area contributed by atoms with Gasteiger partial charge in [0.15, 0.2) is 0 Å². The van der Waals surface area contributed by atoms with E-state index < -0.39 is 11.7 Å². The van der Waals surface area contributed by atoms with Crippen molar-refractivity contribution in [2.24, 2.45) is 0 Å². The van der Waals surface area contributed by atoms with Crippen LogP contribution in [0.25, 0.3) is 0 Å². The summed E-state index contributed by atoms with van der Waals surface area (Å²) >= 11 is 0. The molecule has 1 heterocycles. The highest BCUT2D eigenvalue weighted by Crippen LogP contribution is 2.30. The van der Waals surface area contributed by atoms with E-state index in [-0.39, 0.29) is 11.7 Å². The number of alkyl halides is 3. The van der Waals surface area contributed by atoms with Gasteiger partial charge in [-0.2, -0.15) is 13.2 Å². The van der Waals surface area contributed by atoms with E-state index in [1.165, 1.54) is 12.1 Å². The lowest BCUT2D eigenvalue weighted by molar-refractivity contribution is -0.137. The molecule has 17 heavy (non-hydrogen) atoms. The molecule has 0 spiro atoms. The van der Waals surface area contributed by atoms with Crippen LogP contribution in [-0.2, 0) is 6.18 Å². The summed E-state index contributed by atoms with van der Waals surface area (Å²) in [7, 11) is 0. The Hall–Kier alpha value is -1.07. The fourth-order valence-electron chi connectivity index (χ4n) is 1.76. The van der Waals surface area contributed by atoms with Crippen molar-refractivity contribution in [2.75, 3.05) is 6.54 Å². The monoisotopic (exact) mass is 244 g/mol. The van der Waals surface area contributed by atoms with Crippen LogP contribution in [0.15, 0.2) is 24.3 Å². The summed E-state index contributed by atoms with van der Waals surface area (Å²) in [6, 6.07) is 5.31. The topological polar surface area (TPSA) is 34.0 Å². The molecule has 94 valence electrons. The standard InChI is InChI=1S/C12H15F3N2/c1-8(17-11(2)7-16-11)9-3-5-10(6-4-9)12(13,14)15/h3-6,8,16-17H,7H2,1-2H3/t8-,11?/m1/s1. The number of nitrogens with one attached hydrogen (secondary N) is 2. The second kappa shape index (κ2) is 3.99. The molecule has 1 unspecified atom stereocenters. The molecule has 1 fully saturated rings. The van der Waals surface area contributed by atoms with Crippen molar-refractivity contribution in [3.05, 3.63) is 35.4 Å². The van der Waals surface area contributed by atoms with E-state index in [9.17, 15) is 13.2 Å². The molecule has 0 radical (unpaired) electrons. The van der Waals surface area contributed by atoms with Crippen molar-refractivity contribution >= 4 is 0 Å². The second-order valence-electron chi connectivity index (χ2n) is 4.67. The van der Waals surface area contributed by atoms with Gasteiger partial charge in [0.05, 0.1) is 11.2 Å². The van der Waals surface area contributed by atoms with Crippen LogP contribution in [0.4, 0.5) is 13.2 Å². The molecule has 2 rings (SSSR count). The minimum absolute atomic E-state index is 0.0253. The number of rotatable bonds is 3. The fourth-order valence-corrected chi connectivity index (χ4v) is 1.76. The maximum atomic E-state index is 12.4. The van der Waals surface area contributed by atoms with Crippen molar-refractivity contribution in [3.8, 4) is 0 Å². The van der Waals surface area contributed by atoms with Crippen LogP contribution >= 0.6 is 0 Å². The van der Waals surface area contributed by atoms with Crippen molar-refractivity contribution in [2.45, 2.75) is 31.7 Å². The van der Waals surface area contributed by atoms with E-state index in [2.05, 4.69) is 10.6 Å². The lowest BCUT2D eigenvalue weighted by Gasteiger charge is -2.19. The van der Waals surface area contributed by atoms with Crippen LogP contribution in [0, 0.1) is 0 Å². The van der Waals surface area contributed by atoms with Gasteiger partial charge in [0.1, 0.15) is 0 Å². The zero-order valence-corrected chi connectivity index (χ0v) is 9.73. The number of benzene rings is 1. The Morgan fingerprint density at radius 1 is 1.29 bits per heavy atom. The first-order valence-electron chi connectivity index (χ1n) is 5.50. The van der Waals surface area contributed by atoms with E-state index in [0.717, 1.165) is 24.2 Å². The summed E-state index contributed by atoms with van der Waals surface area (Å²) < 4.78 is 37.1. The van der Waals surface area contributed by atoms with E-state index >= 15 is 0 Å². The number of hydrogen-bond acceptors (Lipinski definition) is 2. The first kappa shape index (κ1) is 12.4. The predicted octanol–water partition coefficient (Wildman–Crippen LogP) is 2.68. The first-order chi connectivity index (χ1) is 7.80. The molecule has 2 nitrogen and oxygen atoms in total. The highest BCUT2D eigenvalue weighted by Gasteiger charge is 2.37. The van der Waals surface area contributed by atoms with E-state index in [1.807, 2.05) is 13.8 Å². The van der Waals surface area contributed by atoms with Crippen LogP contribution in [0.1, 0.15) is 31.0 Å². The molecule has 0 aromatic heterocycles. The molecular formula is C12H15F3N2. The summed E-state index contributed by atoms with van der Waals surface area (Å²) in [5, 5.41) is 6.47. The molecule has 5 heteroatoms. The smallest absolute Gasteiger partial charge is 0.295 e. The second-order valence-corrected chi connectivity index (χ2v) is 4.67. The molecule has 0 bridgehead atoms. The Kier molecular flexibility index (Phi) is 2.91. The van der Waals surface area contributed by atoms with Crippen molar-refractivity contribution in [1.82, 2.24) is 10.6 Å². The fraction of sp³-hybridized carbons (Fsp3) is 0.500. The maximum absolute atomic E-state index is 12.4. The van der Waals surface area contributed by atoms with Crippen molar-refractivity contribution < 1.29 is 13.2 Å². The summed E-state index contributed by atoms with van der Waals surface area (Å²) in [5.74, 6) is 0. The Bertz CT molecular complexity index is 393. The Balaban J connectivity index is 2.07. The van der Waals surface area contributed by atoms with Crippen molar-refractivity contribution in [1.29, 1.82) is 0 Å². The summed E-state index contributed by atoms with van der Waals surface area (Å²) in [5.41, 5.74) is 0.180. The van der Waals surface area contributed by atoms with Crippen molar-refractivity contribution in [3.63, 3.8) is 0 Å². The number of hydrogen-bond donors (Lipinski definition) is 2. The Morgan fingerprint density at radius 3 is 2.24 bits per heavy atom. The molecule has 0 saturated carbocycles. The van der Waals surface area contributed by atoms with Crippen LogP contribution in [0.5, 0.6) is 0 Å². The van der Waals surface area contributed by atoms with Gasteiger partial charge in [-0.05, 0) is 31.5 Å². The summed E-state index contributed by atoms with van der Waals surface area (Å²) in [6.45, 7) is 4.85. The van der Waals surface area contributed by atoms with Crippen LogP contribution in [-0.4, -0.2) is 12.2 Å². The molecule has 0 amide bonds. The molecule has 2 N–H and O–H groups in total. The molecule has 0 aliphatic carbocycles. The average molecular weight is 244 g/mol. The van der Waals surface area contributed by atoms with Gasteiger partial charge in [0, 0.05) is 12.6 Å². The van der Waals surface area contributed by atoms with Gasteiger partial charge in [-0.3, -0.25) is 10.6 Å². The first-order valence-corrected chi connectivity index (χ1v) is 5.50. The van der Waals surface area contributed by atoms with E-state index in [0.29, 0.717) is 0 Å². The van der Waals surface area contributed by atoms with Gasteiger partial charge >= 0.3 is 6.18 Å². The summed E-state index contributed by atoms with van der Waals surface area (Å²) in [6.07, 6.45) is -4.26. The zero-order valence-electron chi connectivity index (χ0n) is 9.73. The molecule has 1 aliphatic rings. The van der Waals surface area contributed by atoms with Crippen LogP contribution in [0.3, 0.4) is 0 Å². The number of halogens is 3. The molecule has 1 aromatic rings. The summed E-state index contributed by atoms with van der Waals surface area (Å²) in [4.78, 5) is 0. The average Bonchev–Trinajstić information content (AvgIpc) is 2.95. The van der Waals surface area contributed by atoms with Crippen LogP contribution < -0.4 is 10.6 Å². The normalized spacial score (nSPS) is 25.7. The van der Waals surface area contributed by atoms with Gasteiger partial charge in [0.25, 0.3) is 0 Å². The van der Waals surface area contributed by atoms with Gasteiger partial charge in [-0.15, -0.1) is 0 Å². The van der Waals surface area contributed by atoms with E-state index in [4.69, 9.17) is 0 Å². The van der Waals surface area contributed by atoms with Gasteiger partial charge in [0.2, 0.25) is 0 Å². The van der Waals surface area contributed by atoms with Gasteiger partial charge in [-0.25, -0.2) is 0 Å². The molecule has 2 atom stereocenters. The Labute approximate surface area is 98.2 Å². The van der Waals surface area contributed by atoms with E-state index in [1.54, 1.807) is 0 Å². The third kappa shape index (κ3) is 2.98. The predicted molar refractivity (Wildman–Crippen MR) is 59.4 cm³/mol. The lowest BCUT2D eigenvalue weighted by atomic mass is 10.1. The molecule has 1 aromatic carbocycles. The largest absolute Gasteiger partial charge is 0.416 e. The highest BCUT2D eigenvalue weighted by molar-refractivity contribution is 5.27. The third-order valence-corrected chi connectivity index (χ3v) is 2.98. The van der Waals surface area contributed by atoms with Gasteiger partial charge in [-0.1, -0.05) is 12.1 Å². The highest BCUT2D eigenvalue weighted by atomic mass is 19.4. The quantitative estimate of drug-likeness (QED) is 0.801.